The van der Waals surface area contributed by atoms with Crippen molar-refractivity contribution in [3.63, 3.8) is 0 Å². The fourth-order valence-corrected chi connectivity index (χ4v) is 2.72. The lowest BCUT2D eigenvalue weighted by Crippen LogP contribution is -2.20. The van der Waals surface area contributed by atoms with Crippen LogP contribution in [0.1, 0.15) is 16.4 Å². The predicted octanol–water partition coefficient (Wildman–Crippen LogP) is 1.58. The molecule has 0 atom stereocenters. The minimum atomic E-state index is 0.835. The smallest absolute Gasteiger partial charge is 0.204 e. The van der Waals surface area contributed by atoms with Crippen LogP contribution < -0.4 is 10.2 Å². The molecule has 0 aliphatic rings. The summed E-state index contributed by atoms with van der Waals surface area (Å²) >= 11 is 1.73. The Labute approximate surface area is 118 Å². The van der Waals surface area contributed by atoms with Crippen LogP contribution in [0.4, 0.5) is 5.95 Å². The Bertz CT molecular complexity index is 529. The molecule has 0 aromatic carbocycles. The number of aryl methyl sites for hydroxylation is 1. The Morgan fingerprint density at radius 2 is 2.21 bits per heavy atom. The molecule has 19 heavy (non-hydrogen) atoms. The van der Waals surface area contributed by atoms with Crippen molar-refractivity contribution in [1.29, 1.82) is 0 Å². The third-order valence-corrected chi connectivity index (χ3v) is 3.97. The maximum Gasteiger partial charge on any atom is 0.204 e. The molecule has 0 fully saturated rings. The second-order valence-electron chi connectivity index (χ2n) is 4.81. The SMILES string of the molecule is Cc1csc(CCNCc2cnc(N(C)C)n2C)n1. The van der Waals surface area contributed by atoms with E-state index in [1.807, 2.05) is 39.2 Å². The average Bonchev–Trinajstić information content (AvgIpc) is 2.92. The monoisotopic (exact) mass is 279 g/mol. The molecule has 0 saturated carbocycles. The number of hydrogen-bond acceptors (Lipinski definition) is 5. The van der Waals surface area contributed by atoms with Gasteiger partial charge in [0, 0.05) is 51.7 Å². The number of rotatable bonds is 6. The summed E-state index contributed by atoms with van der Waals surface area (Å²) in [5, 5.41) is 6.73. The van der Waals surface area contributed by atoms with Crippen LogP contribution in [-0.4, -0.2) is 35.2 Å². The molecule has 0 saturated heterocycles. The maximum absolute atomic E-state index is 4.45. The first-order chi connectivity index (χ1) is 9.08. The number of hydrogen-bond donors (Lipinski definition) is 1. The first-order valence-electron chi connectivity index (χ1n) is 6.37. The van der Waals surface area contributed by atoms with Crippen LogP contribution in [0.25, 0.3) is 0 Å². The molecular weight excluding hydrogens is 258 g/mol. The fourth-order valence-electron chi connectivity index (χ4n) is 1.94. The van der Waals surface area contributed by atoms with Gasteiger partial charge in [0.2, 0.25) is 5.95 Å². The van der Waals surface area contributed by atoms with Crippen molar-refractivity contribution in [3.05, 3.63) is 28.0 Å². The molecule has 0 spiro atoms. The van der Waals surface area contributed by atoms with Gasteiger partial charge in [0.15, 0.2) is 0 Å². The Hall–Kier alpha value is -1.40. The van der Waals surface area contributed by atoms with Crippen LogP contribution in [0.3, 0.4) is 0 Å². The van der Waals surface area contributed by atoms with Crippen molar-refractivity contribution >= 4 is 17.3 Å². The van der Waals surface area contributed by atoms with Gasteiger partial charge >= 0.3 is 0 Å². The van der Waals surface area contributed by atoms with E-state index < -0.39 is 0 Å². The van der Waals surface area contributed by atoms with Gasteiger partial charge in [-0.1, -0.05) is 0 Å². The van der Waals surface area contributed by atoms with E-state index in [9.17, 15) is 0 Å². The molecule has 0 unspecified atom stereocenters. The van der Waals surface area contributed by atoms with Gasteiger partial charge in [-0.2, -0.15) is 0 Å². The highest BCUT2D eigenvalue weighted by Crippen LogP contribution is 2.11. The molecule has 0 aliphatic heterocycles. The third kappa shape index (κ3) is 3.54. The molecule has 2 heterocycles. The second-order valence-corrected chi connectivity index (χ2v) is 5.76. The van der Waals surface area contributed by atoms with Gasteiger partial charge in [0.25, 0.3) is 0 Å². The fraction of sp³-hybridized carbons (Fsp3) is 0.538. The van der Waals surface area contributed by atoms with E-state index >= 15 is 0 Å². The van der Waals surface area contributed by atoms with Gasteiger partial charge in [-0.3, -0.25) is 0 Å². The molecule has 2 aromatic rings. The summed E-state index contributed by atoms with van der Waals surface area (Å²) in [6, 6.07) is 0. The molecule has 6 heteroatoms. The van der Waals surface area contributed by atoms with Gasteiger partial charge < -0.3 is 14.8 Å². The summed E-state index contributed by atoms with van der Waals surface area (Å²) in [5.41, 5.74) is 2.31. The topological polar surface area (TPSA) is 46.0 Å². The number of nitrogens with one attached hydrogen (secondary N) is 1. The molecular formula is C13H21N5S. The largest absolute Gasteiger partial charge is 0.348 e. The zero-order valence-electron chi connectivity index (χ0n) is 12.0. The van der Waals surface area contributed by atoms with Crippen molar-refractivity contribution in [3.8, 4) is 0 Å². The van der Waals surface area contributed by atoms with E-state index in [1.165, 1.54) is 10.7 Å². The van der Waals surface area contributed by atoms with Crippen LogP contribution >= 0.6 is 11.3 Å². The highest BCUT2D eigenvalue weighted by Gasteiger charge is 2.07. The number of anilines is 1. The normalized spacial score (nSPS) is 10.9. The molecule has 104 valence electrons. The van der Waals surface area contributed by atoms with Crippen LogP contribution in [0.2, 0.25) is 0 Å². The Kier molecular flexibility index (Phi) is 4.55. The van der Waals surface area contributed by atoms with Crippen molar-refractivity contribution in [1.82, 2.24) is 19.9 Å². The summed E-state index contributed by atoms with van der Waals surface area (Å²) in [5.74, 6) is 0.979. The van der Waals surface area contributed by atoms with Crippen LogP contribution in [-0.2, 0) is 20.0 Å². The van der Waals surface area contributed by atoms with Gasteiger partial charge in [-0.15, -0.1) is 11.3 Å². The van der Waals surface area contributed by atoms with Crippen molar-refractivity contribution in [2.45, 2.75) is 19.9 Å². The van der Waals surface area contributed by atoms with Gasteiger partial charge in [0.05, 0.1) is 16.9 Å². The molecule has 5 nitrogen and oxygen atoms in total. The van der Waals surface area contributed by atoms with E-state index in [0.717, 1.165) is 31.2 Å². The number of thiazole rings is 1. The zero-order valence-corrected chi connectivity index (χ0v) is 12.8. The van der Waals surface area contributed by atoms with E-state index in [-0.39, 0.29) is 0 Å². The van der Waals surface area contributed by atoms with Gasteiger partial charge in [-0.05, 0) is 6.92 Å². The van der Waals surface area contributed by atoms with Crippen molar-refractivity contribution in [2.75, 3.05) is 25.5 Å². The minimum Gasteiger partial charge on any atom is -0.348 e. The summed E-state index contributed by atoms with van der Waals surface area (Å²) in [6.45, 7) is 3.81. The molecule has 0 amide bonds. The molecule has 0 bridgehead atoms. The summed E-state index contributed by atoms with van der Waals surface area (Å²) in [7, 11) is 6.05. The van der Waals surface area contributed by atoms with Gasteiger partial charge in [-0.25, -0.2) is 9.97 Å². The molecule has 0 aliphatic carbocycles. The summed E-state index contributed by atoms with van der Waals surface area (Å²) in [4.78, 5) is 10.9. The summed E-state index contributed by atoms with van der Waals surface area (Å²) in [6.07, 6.45) is 2.91. The lowest BCUT2D eigenvalue weighted by atomic mass is 10.4. The van der Waals surface area contributed by atoms with Crippen LogP contribution in [0, 0.1) is 6.92 Å². The number of imidazole rings is 1. The lowest BCUT2D eigenvalue weighted by molar-refractivity contribution is 0.650. The molecule has 0 radical (unpaired) electrons. The Morgan fingerprint density at radius 1 is 1.42 bits per heavy atom. The van der Waals surface area contributed by atoms with Crippen LogP contribution in [0.5, 0.6) is 0 Å². The van der Waals surface area contributed by atoms with Crippen LogP contribution in [0.15, 0.2) is 11.6 Å². The first kappa shape index (κ1) is 14.0. The minimum absolute atomic E-state index is 0.835. The van der Waals surface area contributed by atoms with Crippen molar-refractivity contribution < 1.29 is 0 Å². The second kappa shape index (κ2) is 6.16. The number of nitrogens with zero attached hydrogens (tertiary/aromatic N) is 4. The van der Waals surface area contributed by atoms with E-state index in [4.69, 9.17) is 0 Å². The zero-order chi connectivity index (χ0) is 13.8. The Morgan fingerprint density at radius 3 is 2.79 bits per heavy atom. The van der Waals surface area contributed by atoms with Crippen molar-refractivity contribution in [2.24, 2.45) is 7.05 Å². The quantitative estimate of drug-likeness (QED) is 0.816. The highest BCUT2D eigenvalue weighted by molar-refractivity contribution is 7.09. The molecule has 2 rings (SSSR count). The highest BCUT2D eigenvalue weighted by atomic mass is 32.1. The van der Waals surface area contributed by atoms with Gasteiger partial charge in [0.1, 0.15) is 0 Å². The molecule has 1 N–H and O–H groups in total. The number of aromatic nitrogens is 3. The Balaban J connectivity index is 1.80. The standard InChI is InChI=1S/C13H21N5S/c1-10-9-19-12(16-10)5-6-14-7-11-8-15-13(17(2)3)18(11)4/h8-9,14H,5-7H2,1-4H3. The first-order valence-corrected chi connectivity index (χ1v) is 7.25. The van der Waals surface area contributed by atoms with E-state index in [1.54, 1.807) is 11.3 Å². The summed E-state index contributed by atoms with van der Waals surface area (Å²) < 4.78 is 2.11. The third-order valence-electron chi connectivity index (χ3n) is 2.95. The lowest BCUT2D eigenvalue weighted by Gasteiger charge is -2.12. The maximum atomic E-state index is 4.45. The average molecular weight is 279 g/mol. The predicted molar refractivity (Wildman–Crippen MR) is 79.8 cm³/mol. The van der Waals surface area contributed by atoms with E-state index in [0.29, 0.717) is 0 Å². The molecule has 2 aromatic heterocycles. The van der Waals surface area contributed by atoms with E-state index in [2.05, 4.69) is 25.2 Å².